The highest BCUT2D eigenvalue weighted by atomic mass is 32.2. The molecule has 0 aliphatic rings. The van der Waals surface area contributed by atoms with Crippen molar-refractivity contribution in [2.24, 2.45) is 0 Å². The Labute approximate surface area is 104 Å². The van der Waals surface area contributed by atoms with E-state index in [0.29, 0.717) is 0 Å². The predicted molar refractivity (Wildman–Crippen MR) is 63.0 cm³/mol. The highest BCUT2D eigenvalue weighted by Gasteiger charge is 2.12. The Morgan fingerprint density at radius 2 is 1.72 bits per heavy atom. The second-order valence-corrected chi connectivity index (χ2v) is 5.48. The van der Waals surface area contributed by atoms with Crippen molar-refractivity contribution < 1.29 is 22.4 Å². The van der Waals surface area contributed by atoms with Crippen molar-refractivity contribution in [2.45, 2.75) is 12.8 Å². The molecule has 7 heteroatoms. The molecule has 98 valence electrons. The number of benzene rings is 1. The molecule has 0 saturated carbocycles. The van der Waals surface area contributed by atoms with Crippen LogP contribution in [0.5, 0.6) is 0 Å². The Balaban J connectivity index is 2.52. The smallest absolute Gasteiger partial charge is 0.233 e. The molecule has 1 N–H and O–H groups in total. The summed E-state index contributed by atoms with van der Waals surface area (Å²) in [6.07, 6.45) is 0.489. The summed E-state index contributed by atoms with van der Waals surface area (Å²) in [5.74, 6) is -1.55. The number of rotatable bonds is 5. The van der Waals surface area contributed by atoms with Gasteiger partial charge in [0.25, 0.3) is 0 Å². The fourth-order valence-electron chi connectivity index (χ4n) is 1.26. The lowest BCUT2D eigenvalue weighted by molar-refractivity contribution is -0.119. The maximum Gasteiger partial charge on any atom is 0.233 e. The number of ketones is 1. The molecular formula is C11H12FNO4S. The Morgan fingerprint density at radius 1 is 1.17 bits per heavy atom. The van der Waals surface area contributed by atoms with Gasteiger partial charge in [-0.05, 0) is 24.3 Å². The van der Waals surface area contributed by atoms with Gasteiger partial charge in [0, 0.05) is 18.4 Å². The summed E-state index contributed by atoms with van der Waals surface area (Å²) >= 11 is 0. The Kier molecular flexibility index (Phi) is 4.55. The number of carbonyl (C=O) groups excluding carboxylic acids is 2. The molecular weight excluding hydrogens is 261 g/mol. The minimum Gasteiger partial charge on any atom is -0.294 e. The second-order valence-electron chi connectivity index (χ2n) is 3.73. The molecule has 1 aromatic carbocycles. The van der Waals surface area contributed by atoms with Crippen LogP contribution in [-0.2, 0) is 14.8 Å². The van der Waals surface area contributed by atoms with Gasteiger partial charge in [-0.1, -0.05) is 0 Å². The monoisotopic (exact) mass is 273 g/mol. The molecule has 0 atom stereocenters. The number of hydrogen-bond acceptors (Lipinski definition) is 4. The van der Waals surface area contributed by atoms with Crippen LogP contribution in [0.3, 0.4) is 0 Å². The molecule has 0 unspecified atom stereocenters. The van der Waals surface area contributed by atoms with Crippen molar-refractivity contribution >= 4 is 21.7 Å². The Bertz CT molecular complexity index is 551. The summed E-state index contributed by atoms with van der Waals surface area (Å²) in [6.45, 7) is 0. The van der Waals surface area contributed by atoms with Gasteiger partial charge >= 0.3 is 0 Å². The summed E-state index contributed by atoms with van der Waals surface area (Å²) in [5.41, 5.74) is 0.281. The summed E-state index contributed by atoms with van der Waals surface area (Å²) < 4.78 is 35.8. The van der Waals surface area contributed by atoms with Crippen molar-refractivity contribution in [1.82, 2.24) is 4.72 Å². The number of hydrogen-bond donors (Lipinski definition) is 1. The molecule has 0 saturated heterocycles. The van der Waals surface area contributed by atoms with Crippen LogP contribution in [-0.4, -0.2) is 26.4 Å². The Hall–Kier alpha value is -1.76. The first-order chi connectivity index (χ1) is 8.28. The van der Waals surface area contributed by atoms with Gasteiger partial charge in [-0.3, -0.25) is 14.3 Å². The van der Waals surface area contributed by atoms with E-state index in [0.717, 1.165) is 18.4 Å². The van der Waals surface area contributed by atoms with Gasteiger partial charge in [-0.2, -0.15) is 0 Å². The molecule has 0 spiro atoms. The predicted octanol–water partition coefficient (Wildman–Crippen LogP) is 0.864. The minimum absolute atomic E-state index is 0.132. The topological polar surface area (TPSA) is 80.3 Å². The van der Waals surface area contributed by atoms with Crippen LogP contribution in [0, 0.1) is 5.82 Å². The zero-order valence-electron chi connectivity index (χ0n) is 9.64. The average molecular weight is 273 g/mol. The molecule has 18 heavy (non-hydrogen) atoms. The second kappa shape index (κ2) is 5.72. The van der Waals surface area contributed by atoms with Crippen LogP contribution in [0.15, 0.2) is 24.3 Å². The molecule has 1 amide bonds. The highest BCUT2D eigenvalue weighted by molar-refractivity contribution is 7.89. The normalized spacial score (nSPS) is 11.0. The van der Waals surface area contributed by atoms with Crippen molar-refractivity contribution in [3.8, 4) is 0 Å². The van der Waals surface area contributed by atoms with Crippen LogP contribution in [0.1, 0.15) is 23.2 Å². The molecule has 0 heterocycles. The van der Waals surface area contributed by atoms with E-state index in [1.165, 1.54) is 12.1 Å². The SMILES string of the molecule is CS(=O)(=O)NC(=O)CCC(=O)c1ccc(F)cc1. The molecule has 0 aliphatic heterocycles. The summed E-state index contributed by atoms with van der Waals surface area (Å²) in [5, 5.41) is 0. The van der Waals surface area contributed by atoms with E-state index in [4.69, 9.17) is 0 Å². The van der Waals surface area contributed by atoms with Gasteiger partial charge in [0.2, 0.25) is 15.9 Å². The number of sulfonamides is 1. The zero-order valence-corrected chi connectivity index (χ0v) is 10.5. The van der Waals surface area contributed by atoms with Gasteiger partial charge in [0.15, 0.2) is 5.78 Å². The molecule has 0 aromatic heterocycles. The lowest BCUT2D eigenvalue weighted by atomic mass is 10.1. The van der Waals surface area contributed by atoms with E-state index in [1.807, 2.05) is 0 Å². The average Bonchev–Trinajstić information content (AvgIpc) is 2.24. The van der Waals surface area contributed by atoms with E-state index < -0.39 is 21.7 Å². The first-order valence-electron chi connectivity index (χ1n) is 5.07. The minimum atomic E-state index is -3.60. The van der Waals surface area contributed by atoms with Gasteiger partial charge in [0.05, 0.1) is 6.26 Å². The summed E-state index contributed by atoms with van der Waals surface area (Å²) in [4.78, 5) is 22.7. The maximum absolute atomic E-state index is 12.6. The highest BCUT2D eigenvalue weighted by Crippen LogP contribution is 2.07. The van der Waals surface area contributed by atoms with Gasteiger partial charge in [0.1, 0.15) is 5.82 Å². The summed E-state index contributed by atoms with van der Waals surface area (Å²) in [6, 6.07) is 4.91. The van der Waals surface area contributed by atoms with Crippen LogP contribution in [0.25, 0.3) is 0 Å². The van der Waals surface area contributed by atoms with Gasteiger partial charge in [-0.15, -0.1) is 0 Å². The van der Waals surface area contributed by atoms with Crippen LogP contribution in [0.2, 0.25) is 0 Å². The molecule has 0 aliphatic carbocycles. The summed E-state index contributed by atoms with van der Waals surface area (Å²) in [7, 11) is -3.60. The third-order valence-corrected chi connectivity index (χ3v) is 2.64. The van der Waals surface area contributed by atoms with Gasteiger partial charge < -0.3 is 0 Å². The standard InChI is InChI=1S/C11H12FNO4S/c1-18(16,17)13-11(15)7-6-10(14)8-2-4-9(12)5-3-8/h2-5H,6-7H2,1H3,(H,13,15). The number of amides is 1. The molecule has 1 aromatic rings. The van der Waals surface area contributed by atoms with Crippen LogP contribution < -0.4 is 4.72 Å². The molecule has 0 bridgehead atoms. The van der Waals surface area contributed by atoms with Crippen LogP contribution >= 0.6 is 0 Å². The number of halogens is 1. The molecule has 5 nitrogen and oxygen atoms in total. The third kappa shape index (κ3) is 5.05. The molecule has 0 fully saturated rings. The molecule has 1 rings (SSSR count). The van der Waals surface area contributed by atoms with E-state index in [9.17, 15) is 22.4 Å². The zero-order chi connectivity index (χ0) is 13.8. The Morgan fingerprint density at radius 3 is 2.22 bits per heavy atom. The fraction of sp³-hybridized carbons (Fsp3) is 0.273. The van der Waals surface area contributed by atoms with Crippen molar-refractivity contribution in [3.05, 3.63) is 35.6 Å². The molecule has 0 radical (unpaired) electrons. The lowest BCUT2D eigenvalue weighted by Gasteiger charge is -2.02. The lowest BCUT2D eigenvalue weighted by Crippen LogP contribution is -2.29. The first-order valence-corrected chi connectivity index (χ1v) is 6.96. The van der Waals surface area contributed by atoms with Gasteiger partial charge in [-0.25, -0.2) is 12.8 Å². The largest absolute Gasteiger partial charge is 0.294 e. The third-order valence-electron chi connectivity index (χ3n) is 2.04. The van der Waals surface area contributed by atoms with Crippen LogP contribution in [0.4, 0.5) is 4.39 Å². The quantitative estimate of drug-likeness (QED) is 0.807. The van der Waals surface area contributed by atoms with Crippen molar-refractivity contribution in [2.75, 3.05) is 6.26 Å². The first kappa shape index (κ1) is 14.3. The van der Waals surface area contributed by atoms with E-state index >= 15 is 0 Å². The van der Waals surface area contributed by atoms with E-state index in [1.54, 1.807) is 4.72 Å². The number of Topliss-reactive ketones (excluding diaryl/α,β-unsaturated/α-hetero) is 1. The van der Waals surface area contributed by atoms with Crippen molar-refractivity contribution in [1.29, 1.82) is 0 Å². The van der Waals surface area contributed by atoms with E-state index in [2.05, 4.69) is 0 Å². The number of carbonyl (C=O) groups is 2. The maximum atomic E-state index is 12.6. The van der Waals surface area contributed by atoms with Crippen molar-refractivity contribution in [3.63, 3.8) is 0 Å². The fourth-order valence-corrected chi connectivity index (χ4v) is 1.78. The van der Waals surface area contributed by atoms with E-state index in [-0.39, 0.29) is 24.2 Å². The number of nitrogens with one attached hydrogen (secondary N) is 1.